The van der Waals surface area contributed by atoms with Crippen molar-refractivity contribution < 1.29 is 9.21 Å². The molecule has 0 atom stereocenters. The number of amides is 1. The number of hydrogen-bond acceptors (Lipinski definition) is 4. The molecule has 0 radical (unpaired) electrons. The number of aromatic nitrogens is 1. The van der Waals surface area contributed by atoms with Gasteiger partial charge in [0.1, 0.15) is 0 Å². The predicted octanol–water partition coefficient (Wildman–Crippen LogP) is 4.36. The zero-order valence-electron chi connectivity index (χ0n) is 17.5. The summed E-state index contributed by atoms with van der Waals surface area (Å²) >= 11 is 0. The van der Waals surface area contributed by atoms with Crippen molar-refractivity contribution in [2.45, 2.75) is 45.2 Å². The lowest BCUT2D eigenvalue weighted by atomic mass is 10.0. The second kappa shape index (κ2) is 9.72. The van der Waals surface area contributed by atoms with Crippen molar-refractivity contribution in [2.75, 3.05) is 13.1 Å². The Bertz CT molecular complexity index is 942. The number of oxazole rings is 1. The van der Waals surface area contributed by atoms with Crippen molar-refractivity contribution in [3.05, 3.63) is 77.8 Å². The Morgan fingerprint density at radius 2 is 1.83 bits per heavy atom. The van der Waals surface area contributed by atoms with E-state index in [0.29, 0.717) is 18.7 Å². The van der Waals surface area contributed by atoms with Crippen LogP contribution in [0.2, 0.25) is 0 Å². The summed E-state index contributed by atoms with van der Waals surface area (Å²) in [7, 11) is 0. The van der Waals surface area contributed by atoms with Gasteiger partial charge in [-0.15, -0.1) is 0 Å². The first-order valence-corrected chi connectivity index (χ1v) is 10.7. The van der Waals surface area contributed by atoms with Crippen LogP contribution in [0.3, 0.4) is 0 Å². The number of aryl methyl sites for hydroxylation is 2. The topological polar surface area (TPSA) is 58.4 Å². The highest BCUT2D eigenvalue weighted by atomic mass is 16.4. The van der Waals surface area contributed by atoms with Crippen molar-refractivity contribution in [1.29, 1.82) is 0 Å². The minimum Gasteiger partial charge on any atom is -0.441 e. The Morgan fingerprint density at radius 3 is 2.57 bits per heavy atom. The van der Waals surface area contributed by atoms with Crippen molar-refractivity contribution in [1.82, 2.24) is 15.2 Å². The molecule has 1 fully saturated rings. The van der Waals surface area contributed by atoms with Gasteiger partial charge < -0.3 is 9.73 Å². The molecule has 156 valence electrons. The van der Waals surface area contributed by atoms with Crippen LogP contribution in [0.1, 0.15) is 36.3 Å². The monoisotopic (exact) mass is 403 g/mol. The van der Waals surface area contributed by atoms with Crippen LogP contribution in [-0.4, -0.2) is 34.9 Å². The summed E-state index contributed by atoms with van der Waals surface area (Å²) in [4.78, 5) is 19.2. The molecule has 0 unspecified atom stereocenters. The first-order valence-electron chi connectivity index (χ1n) is 10.7. The fourth-order valence-electron chi connectivity index (χ4n) is 3.87. The Kier molecular flexibility index (Phi) is 6.60. The fourth-order valence-corrected chi connectivity index (χ4v) is 3.87. The van der Waals surface area contributed by atoms with Gasteiger partial charge >= 0.3 is 0 Å². The molecule has 0 saturated carbocycles. The molecular formula is C25H29N3O2. The summed E-state index contributed by atoms with van der Waals surface area (Å²) in [5, 5.41) is 3.18. The summed E-state index contributed by atoms with van der Waals surface area (Å²) in [6.45, 7) is 5.06. The maximum atomic E-state index is 12.4. The number of carbonyl (C=O) groups is 1. The molecular weight excluding hydrogens is 374 g/mol. The molecule has 1 aliphatic heterocycles. The smallest absolute Gasteiger partial charge is 0.220 e. The summed E-state index contributed by atoms with van der Waals surface area (Å²) in [5.41, 5.74) is 3.56. The van der Waals surface area contributed by atoms with Gasteiger partial charge in [-0.1, -0.05) is 60.2 Å². The summed E-state index contributed by atoms with van der Waals surface area (Å²) in [6.07, 6.45) is 4.65. The SMILES string of the molecule is Cc1ccc(-c2cnc(CCC(=O)NC3CCN(Cc4ccccc4)CC3)o2)cc1. The van der Waals surface area contributed by atoms with E-state index in [-0.39, 0.29) is 11.9 Å². The molecule has 4 rings (SSSR count). The lowest BCUT2D eigenvalue weighted by Gasteiger charge is -2.32. The average Bonchev–Trinajstić information content (AvgIpc) is 3.24. The van der Waals surface area contributed by atoms with Gasteiger partial charge in [0, 0.05) is 44.1 Å². The quantitative estimate of drug-likeness (QED) is 0.637. The number of rotatable bonds is 7. The third-order valence-electron chi connectivity index (χ3n) is 5.66. The van der Waals surface area contributed by atoms with Gasteiger partial charge in [0.15, 0.2) is 11.7 Å². The number of hydrogen-bond donors (Lipinski definition) is 1. The van der Waals surface area contributed by atoms with Crippen molar-refractivity contribution in [3.8, 4) is 11.3 Å². The van der Waals surface area contributed by atoms with Gasteiger partial charge in [0.25, 0.3) is 0 Å². The minimum atomic E-state index is 0.0756. The van der Waals surface area contributed by atoms with Crippen LogP contribution in [0.25, 0.3) is 11.3 Å². The van der Waals surface area contributed by atoms with Gasteiger partial charge in [-0.2, -0.15) is 0 Å². The highest BCUT2D eigenvalue weighted by Crippen LogP contribution is 2.21. The Balaban J connectivity index is 1.19. The van der Waals surface area contributed by atoms with Crippen molar-refractivity contribution in [2.24, 2.45) is 0 Å². The zero-order valence-corrected chi connectivity index (χ0v) is 17.5. The first kappa shape index (κ1) is 20.4. The lowest BCUT2D eigenvalue weighted by Crippen LogP contribution is -2.44. The van der Waals surface area contributed by atoms with E-state index in [1.54, 1.807) is 6.20 Å². The van der Waals surface area contributed by atoms with Crippen LogP contribution < -0.4 is 5.32 Å². The Labute approximate surface area is 178 Å². The van der Waals surface area contributed by atoms with E-state index in [2.05, 4.69) is 58.5 Å². The van der Waals surface area contributed by atoms with E-state index in [1.165, 1.54) is 11.1 Å². The highest BCUT2D eigenvalue weighted by molar-refractivity contribution is 5.76. The van der Waals surface area contributed by atoms with Crippen molar-refractivity contribution >= 4 is 5.91 Å². The van der Waals surface area contributed by atoms with Crippen LogP contribution in [0.4, 0.5) is 0 Å². The van der Waals surface area contributed by atoms with E-state index in [4.69, 9.17) is 4.42 Å². The molecule has 2 heterocycles. The van der Waals surface area contributed by atoms with E-state index >= 15 is 0 Å². The van der Waals surface area contributed by atoms with Gasteiger partial charge in [-0.25, -0.2) is 4.98 Å². The second-order valence-electron chi connectivity index (χ2n) is 8.09. The normalized spacial score (nSPS) is 15.2. The van der Waals surface area contributed by atoms with E-state index in [9.17, 15) is 4.79 Å². The van der Waals surface area contributed by atoms with E-state index in [1.807, 2.05) is 18.2 Å². The van der Waals surface area contributed by atoms with Gasteiger partial charge in [0.2, 0.25) is 5.91 Å². The Hall–Kier alpha value is -2.92. The summed E-state index contributed by atoms with van der Waals surface area (Å²) in [5.74, 6) is 1.43. The lowest BCUT2D eigenvalue weighted by molar-refractivity contribution is -0.122. The molecule has 0 aliphatic carbocycles. The summed E-state index contributed by atoms with van der Waals surface area (Å²) in [6, 6.07) is 19.0. The predicted molar refractivity (Wildman–Crippen MR) is 118 cm³/mol. The molecule has 1 N–H and O–H groups in total. The van der Waals surface area contributed by atoms with Crippen LogP contribution in [-0.2, 0) is 17.8 Å². The summed E-state index contributed by atoms with van der Waals surface area (Å²) < 4.78 is 5.82. The molecule has 1 amide bonds. The maximum absolute atomic E-state index is 12.4. The van der Waals surface area contributed by atoms with Gasteiger partial charge in [-0.3, -0.25) is 9.69 Å². The Morgan fingerprint density at radius 1 is 1.10 bits per heavy atom. The molecule has 30 heavy (non-hydrogen) atoms. The molecule has 0 spiro atoms. The average molecular weight is 404 g/mol. The fraction of sp³-hybridized carbons (Fsp3) is 0.360. The number of nitrogens with one attached hydrogen (secondary N) is 1. The van der Waals surface area contributed by atoms with Crippen LogP contribution >= 0.6 is 0 Å². The van der Waals surface area contributed by atoms with Crippen molar-refractivity contribution in [3.63, 3.8) is 0 Å². The first-order chi connectivity index (χ1) is 14.7. The molecule has 5 heteroatoms. The maximum Gasteiger partial charge on any atom is 0.220 e. The second-order valence-corrected chi connectivity index (χ2v) is 8.09. The molecule has 0 bridgehead atoms. The third kappa shape index (κ3) is 5.57. The van der Waals surface area contributed by atoms with E-state index in [0.717, 1.165) is 43.8 Å². The number of piperidine rings is 1. The number of benzene rings is 2. The number of nitrogens with zero attached hydrogens (tertiary/aromatic N) is 2. The zero-order chi connectivity index (χ0) is 20.8. The van der Waals surface area contributed by atoms with Gasteiger partial charge in [-0.05, 0) is 25.3 Å². The van der Waals surface area contributed by atoms with Gasteiger partial charge in [0.05, 0.1) is 6.20 Å². The highest BCUT2D eigenvalue weighted by Gasteiger charge is 2.21. The third-order valence-corrected chi connectivity index (χ3v) is 5.66. The minimum absolute atomic E-state index is 0.0756. The molecule has 1 saturated heterocycles. The van der Waals surface area contributed by atoms with Crippen LogP contribution in [0.15, 0.2) is 65.2 Å². The number of carbonyl (C=O) groups excluding carboxylic acids is 1. The molecule has 2 aromatic carbocycles. The number of likely N-dealkylation sites (tertiary alicyclic amines) is 1. The molecule has 3 aromatic rings. The molecule has 1 aromatic heterocycles. The van der Waals surface area contributed by atoms with Crippen LogP contribution in [0.5, 0.6) is 0 Å². The van der Waals surface area contributed by atoms with E-state index < -0.39 is 0 Å². The standard InChI is InChI=1S/C25H29N3O2/c1-19-7-9-21(10-8-19)23-17-26-25(30-23)12-11-24(29)27-22-13-15-28(16-14-22)18-20-5-3-2-4-6-20/h2-10,17,22H,11-16,18H2,1H3,(H,27,29). The molecule has 5 nitrogen and oxygen atoms in total. The van der Waals surface area contributed by atoms with Crippen LogP contribution in [0, 0.1) is 6.92 Å². The largest absolute Gasteiger partial charge is 0.441 e. The molecule has 1 aliphatic rings.